The zero-order valence-electron chi connectivity index (χ0n) is 19.4. The van der Waals surface area contributed by atoms with E-state index in [9.17, 15) is 14.7 Å². The van der Waals surface area contributed by atoms with E-state index >= 15 is 0 Å². The molecule has 176 valence electrons. The molecule has 6 heteroatoms. The molecule has 2 unspecified atom stereocenters. The average molecular weight is 452 g/mol. The Kier molecular flexibility index (Phi) is 8.66. The Hall–Kier alpha value is -3.12. The SMILES string of the molecule is CN(C)C1(C(=O)OCCCOc2ccccc2CCc2ccccc2)CC=CCC1C(=O)O. The van der Waals surface area contributed by atoms with Crippen molar-refractivity contribution >= 4 is 11.9 Å². The van der Waals surface area contributed by atoms with Crippen molar-refractivity contribution in [2.45, 2.75) is 37.6 Å². The van der Waals surface area contributed by atoms with Crippen molar-refractivity contribution < 1.29 is 24.2 Å². The molecule has 2 aromatic carbocycles. The number of rotatable bonds is 11. The van der Waals surface area contributed by atoms with Gasteiger partial charge in [0.25, 0.3) is 0 Å². The van der Waals surface area contributed by atoms with E-state index in [2.05, 4.69) is 18.2 Å². The van der Waals surface area contributed by atoms with E-state index in [0.29, 0.717) is 25.9 Å². The van der Waals surface area contributed by atoms with E-state index in [1.807, 2.05) is 48.6 Å². The zero-order chi connectivity index (χ0) is 23.7. The standard InChI is InChI=1S/C27H33NO5/c1-28(2)27(18-9-8-14-23(27)25(29)30)26(31)33-20-10-19-32-24-15-7-6-13-22(24)17-16-21-11-4-3-5-12-21/h3-9,11-13,15,23H,10,14,16-20H2,1-2H3,(H,29,30). The number of nitrogens with zero attached hydrogens (tertiary/aromatic N) is 1. The second kappa shape index (κ2) is 11.7. The summed E-state index contributed by atoms with van der Waals surface area (Å²) in [5, 5.41) is 9.66. The number of ether oxygens (including phenoxy) is 2. The maximum atomic E-state index is 13.0. The Balaban J connectivity index is 1.51. The summed E-state index contributed by atoms with van der Waals surface area (Å²) < 4.78 is 11.5. The van der Waals surface area contributed by atoms with Crippen LogP contribution in [0.2, 0.25) is 0 Å². The third-order valence-corrected chi connectivity index (χ3v) is 6.27. The van der Waals surface area contributed by atoms with Gasteiger partial charge in [-0.25, -0.2) is 0 Å². The van der Waals surface area contributed by atoms with Crippen LogP contribution in [0, 0.1) is 5.92 Å². The molecule has 1 aliphatic rings. The predicted octanol–water partition coefficient (Wildman–Crippen LogP) is 4.14. The van der Waals surface area contributed by atoms with Gasteiger partial charge in [0.1, 0.15) is 11.3 Å². The summed E-state index contributed by atoms with van der Waals surface area (Å²) in [4.78, 5) is 26.5. The number of likely N-dealkylation sites (N-methyl/N-ethyl adjacent to an activating group) is 1. The van der Waals surface area contributed by atoms with Crippen molar-refractivity contribution in [1.82, 2.24) is 4.90 Å². The average Bonchev–Trinajstić information content (AvgIpc) is 2.83. The molecule has 0 radical (unpaired) electrons. The number of para-hydroxylation sites is 1. The van der Waals surface area contributed by atoms with E-state index in [4.69, 9.17) is 9.47 Å². The summed E-state index contributed by atoms with van der Waals surface area (Å²) in [6, 6.07) is 18.3. The van der Waals surface area contributed by atoms with Gasteiger partial charge in [-0.05, 0) is 57.0 Å². The molecule has 0 amide bonds. The van der Waals surface area contributed by atoms with Crippen LogP contribution in [0.25, 0.3) is 0 Å². The summed E-state index contributed by atoms with van der Waals surface area (Å²) in [6.45, 7) is 0.587. The molecule has 0 saturated carbocycles. The van der Waals surface area contributed by atoms with Gasteiger partial charge in [0, 0.05) is 6.42 Å². The highest BCUT2D eigenvalue weighted by Crippen LogP contribution is 2.35. The molecule has 0 fully saturated rings. The summed E-state index contributed by atoms with van der Waals surface area (Å²) in [5.41, 5.74) is 1.24. The number of aryl methyl sites for hydroxylation is 2. The number of allylic oxidation sites excluding steroid dienone is 1. The number of carbonyl (C=O) groups is 2. The van der Waals surface area contributed by atoms with E-state index in [0.717, 1.165) is 24.2 Å². The molecule has 1 aliphatic carbocycles. The van der Waals surface area contributed by atoms with Crippen molar-refractivity contribution in [3.8, 4) is 5.75 Å². The van der Waals surface area contributed by atoms with E-state index in [1.165, 1.54) is 5.56 Å². The third-order valence-electron chi connectivity index (χ3n) is 6.27. The first-order valence-electron chi connectivity index (χ1n) is 11.4. The van der Waals surface area contributed by atoms with E-state index in [1.54, 1.807) is 19.0 Å². The minimum Gasteiger partial charge on any atom is -0.493 e. The lowest BCUT2D eigenvalue weighted by Crippen LogP contribution is -2.60. The van der Waals surface area contributed by atoms with Crippen LogP contribution in [-0.4, -0.2) is 54.8 Å². The monoisotopic (exact) mass is 451 g/mol. The van der Waals surface area contributed by atoms with Gasteiger partial charge >= 0.3 is 11.9 Å². The zero-order valence-corrected chi connectivity index (χ0v) is 19.4. The normalized spacial score (nSPS) is 19.9. The minimum absolute atomic E-state index is 0.177. The number of carboxylic acids is 1. The molecule has 0 bridgehead atoms. The Morgan fingerprint density at radius 3 is 2.45 bits per heavy atom. The van der Waals surface area contributed by atoms with Gasteiger partial charge in [-0.2, -0.15) is 0 Å². The topological polar surface area (TPSA) is 76.1 Å². The molecule has 33 heavy (non-hydrogen) atoms. The maximum Gasteiger partial charge on any atom is 0.327 e. The predicted molar refractivity (Wildman–Crippen MR) is 127 cm³/mol. The first-order valence-corrected chi connectivity index (χ1v) is 11.4. The molecule has 0 aromatic heterocycles. The lowest BCUT2D eigenvalue weighted by atomic mass is 9.74. The van der Waals surface area contributed by atoms with Crippen molar-refractivity contribution in [3.63, 3.8) is 0 Å². The van der Waals surface area contributed by atoms with Crippen LogP contribution >= 0.6 is 0 Å². The summed E-state index contributed by atoms with van der Waals surface area (Å²) >= 11 is 0. The molecule has 0 saturated heterocycles. The highest BCUT2D eigenvalue weighted by molar-refractivity contribution is 5.89. The molecule has 2 atom stereocenters. The van der Waals surface area contributed by atoms with Gasteiger partial charge < -0.3 is 14.6 Å². The van der Waals surface area contributed by atoms with Crippen LogP contribution in [0.1, 0.15) is 30.4 Å². The highest BCUT2D eigenvalue weighted by Gasteiger charge is 2.52. The fourth-order valence-corrected chi connectivity index (χ4v) is 4.35. The number of esters is 1. The van der Waals surface area contributed by atoms with Gasteiger partial charge in [-0.3, -0.25) is 14.5 Å². The molecule has 1 N–H and O–H groups in total. The summed E-state index contributed by atoms with van der Waals surface area (Å²) in [7, 11) is 3.46. The number of carboxylic acid groups (broad SMARTS) is 1. The maximum absolute atomic E-state index is 13.0. The second-order valence-electron chi connectivity index (χ2n) is 8.55. The Bertz CT molecular complexity index is 956. The number of carbonyl (C=O) groups excluding carboxylic acids is 1. The van der Waals surface area contributed by atoms with Gasteiger partial charge in [-0.1, -0.05) is 60.7 Å². The van der Waals surface area contributed by atoms with Crippen molar-refractivity contribution in [2.24, 2.45) is 5.92 Å². The fraction of sp³-hybridized carbons (Fsp3) is 0.407. The molecule has 2 aromatic rings. The quantitative estimate of drug-likeness (QED) is 0.314. The fourth-order valence-electron chi connectivity index (χ4n) is 4.35. The third kappa shape index (κ3) is 6.02. The van der Waals surface area contributed by atoms with Crippen LogP contribution < -0.4 is 4.74 Å². The van der Waals surface area contributed by atoms with Crippen LogP contribution in [0.5, 0.6) is 5.75 Å². The van der Waals surface area contributed by atoms with Crippen LogP contribution in [-0.2, 0) is 27.2 Å². The Labute approximate surface area is 195 Å². The van der Waals surface area contributed by atoms with E-state index in [-0.39, 0.29) is 6.61 Å². The summed E-state index contributed by atoms with van der Waals surface area (Å²) in [5.74, 6) is -1.47. The number of benzene rings is 2. The molecule has 6 nitrogen and oxygen atoms in total. The molecular formula is C27H33NO5. The minimum atomic E-state index is -1.19. The Morgan fingerprint density at radius 1 is 1.00 bits per heavy atom. The van der Waals surface area contributed by atoms with E-state index < -0.39 is 23.4 Å². The first-order chi connectivity index (χ1) is 15.9. The lowest BCUT2D eigenvalue weighted by Gasteiger charge is -2.42. The molecule has 3 rings (SSSR count). The van der Waals surface area contributed by atoms with Crippen LogP contribution in [0.15, 0.2) is 66.7 Å². The van der Waals surface area contributed by atoms with Crippen molar-refractivity contribution in [3.05, 3.63) is 77.9 Å². The molecule has 0 spiro atoms. The molecular weight excluding hydrogens is 418 g/mol. The Morgan fingerprint density at radius 2 is 1.73 bits per heavy atom. The van der Waals surface area contributed by atoms with Crippen LogP contribution in [0.3, 0.4) is 0 Å². The van der Waals surface area contributed by atoms with Crippen molar-refractivity contribution in [1.29, 1.82) is 0 Å². The molecule has 0 heterocycles. The van der Waals surface area contributed by atoms with Gasteiger partial charge in [0.2, 0.25) is 0 Å². The van der Waals surface area contributed by atoms with Crippen LogP contribution in [0.4, 0.5) is 0 Å². The first kappa shape index (κ1) is 24.5. The van der Waals surface area contributed by atoms with Crippen molar-refractivity contribution in [2.75, 3.05) is 27.3 Å². The smallest absolute Gasteiger partial charge is 0.327 e. The molecule has 0 aliphatic heterocycles. The van der Waals surface area contributed by atoms with Gasteiger partial charge in [0.05, 0.1) is 19.1 Å². The second-order valence-corrected chi connectivity index (χ2v) is 8.55. The summed E-state index contributed by atoms with van der Waals surface area (Å²) in [6.07, 6.45) is 6.64. The van der Waals surface area contributed by atoms with Gasteiger partial charge in [0.15, 0.2) is 0 Å². The number of aliphatic carboxylic acids is 1. The highest BCUT2D eigenvalue weighted by atomic mass is 16.5. The van der Waals surface area contributed by atoms with Gasteiger partial charge in [-0.15, -0.1) is 0 Å². The largest absolute Gasteiger partial charge is 0.493 e. The number of hydrogen-bond acceptors (Lipinski definition) is 5. The number of hydrogen-bond donors (Lipinski definition) is 1. The lowest BCUT2D eigenvalue weighted by molar-refractivity contribution is -0.169.